The lowest BCUT2D eigenvalue weighted by Crippen LogP contribution is -2.47. The Morgan fingerprint density at radius 3 is 1.90 bits per heavy atom. The van der Waals surface area contributed by atoms with E-state index in [0.717, 1.165) is 34.2 Å². The molecule has 4 aliphatic rings. The lowest BCUT2D eigenvalue weighted by Gasteiger charge is -2.45. The maximum Gasteiger partial charge on any atom is 0.329 e. The number of likely N-dealkylation sites (tertiary alicyclic amines) is 1. The molecule has 3 atom stereocenters. The summed E-state index contributed by atoms with van der Waals surface area (Å²) in [6.07, 6.45) is 1.71. The van der Waals surface area contributed by atoms with Gasteiger partial charge in [-0.25, -0.2) is 4.79 Å². The number of carbonyl (C=O) groups excluding carboxylic acids is 4. The third-order valence-electron chi connectivity index (χ3n) is 8.54. The Hall–Kier alpha value is -4.26. The highest BCUT2D eigenvalue weighted by molar-refractivity contribution is 6.10. The summed E-state index contributed by atoms with van der Waals surface area (Å²) in [5.74, 6) is -3.47. The summed E-state index contributed by atoms with van der Waals surface area (Å²) in [5.41, 5.74) is 5.91. The van der Waals surface area contributed by atoms with E-state index in [-0.39, 0.29) is 23.7 Å². The summed E-state index contributed by atoms with van der Waals surface area (Å²) in [6, 6.07) is 22.3. The summed E-state index contributed by atoms with van der Waals surface area (Å²) >= 11 is 0. The van der Waals surface area contributed by atoms with E-state index in [1.54, 1.807) is 6.07 Å². The number of amides is 3. The van der Waals surface area contributed by atoms with Crippen molar-refractivity contribution in [2.24, 2.45) is 11.8 Å². The third-order valence-corrected chi connectivity index (χ3v) is 8.54. The zero-order valence-electron chi connectivity index (χ0n) is 22.6. The summed E-state index contributed by atoms with van der Waals surface area (Å²) in [5, 5.41) is 2.72. The first kappa shape index (κ1) is 26.0. The second-order valence-corrected chi connectivity index (χ2v) is 11.0. The van der Waals surface area contributed by atoms with Crippen LogP contribution in [-0.4, -0.2) is 41.2 Å². The van der Waals surface area contributed by atoms with Gasteiger partial charge in [-0.3, -0.25) is 19.3 Å². The Balaban J connectivity index is 1.26. The van der Waals surface area contributed by atoms with Crippen LogP contribution in [0.1, 0.15) is 65.8 Å². The average molecular weight is 537 g/mol. The smallest absolute Gasteiger partial charge is 0.329 e. The number of anilines is 1. The molecular formula is C33H32N2O5. The minimum Gasteiger partial charge on any atom is -0.454 e. The molecule has 7 rings (SSSR count). The first-order chi connectivity index (χ1) is 19.4. The fourth-order valence-electron chi connectivity index (χ4n) is 6.91. The number of esters is 1. The molecule has 3 aromatic rings. The van der Waals surface area contributed by atoms with Gasteiger partial charge in [0.1, 0.15) is 6.04 Å². The Bertz CT molecular complexity index is 1400. The van der Waals surface area contributed by atoms with Crippen LogP contribution in [0, 0.1) is 18.8 Å². The van der Waals surface area contributed by atoms with Crippen molar-refractivity contribution >= 4 is 29.4 Å². The second kappa shape index (κ2) is 10.4. The molecule has 3 aliphatic carbocycles. The van der Waals surface area contributed by atoms with Gasteiger partial charge < -0.3 is 10.1 Å². The van der Waals surface area contributed by atoms with E-state index in [0.29, 0.717) is 18.5 Å². The van der Waals surface area contributed by atoms with E-state index < -0.39 is 36.4 Å². The van der Waals surface area contributed by atoms with Gasteiger partial charge in [-0.05, 0) is 53.3 Å². The summed E-state index contributed by atoms with van der Waals surface area (Å²) in [4.78, 5) is 55.3. The molecule has 0 aromatic heterocycles. The van der Waals surface area contributed by atoms with E-state index >= 15 is 0 Å². The normalized spacial score (nSPS) is 22.8. The van der Waals surface area contributed by atoms with Crippen molar-refractivity contribution in [3.8, 4) is 0 Å². The van der Waals surface area contributed by atoms with Crippen LogP contribution in [0.3, 0.4) is 0 Å². The molecule has 1 heterocycles. The van der Waals surface area contributed by atoms with Crippen LogP contribution in [0.2, 0.25) is 0 Å². The number of ether oxygens (including phenoxy) is 1. The van der Waals surface area contributed by atoms with Gasteiger partial charge in [0.15, 0.2) is 6.61 Å². The maximum absolute atomic E-state index is 14.1. The Kier molecular flexibility index (Phi) is 6.74. The Labute approximate surface area is 233 Å². The van der Waals surface area contributed by atoms with Crippen LogP contribution in [0.25, 0.3) is 0 Å². The zero-order chi connectivity index (χ0) is 28.0. The fraction of sp³-hybridized carbons (Fsp3) is 0.333. The molecule has 40 heavy (non-hydrogen) atoms. The largest absolute Gasteiger partial charge is 0.454 e. The van der Waals surface area contributed by atoms with Crippen molar-refractivity contribution in [3.63, 3.8) is 0 Å². The number of unbranched alkanes of at least 4 members (excludes halogenated alkanes) is 1. The molecule has 1 aliphatic heterocycles. The lowest BCUT2D eigenvalue weighted by molar-refractivity contribution is -0.160. The van der Waals surface area contributed by atoms with Gasteiger partial charge in [-0.15, -0.1) is 0 Å². The molecule has 0 radical (unpaired) electrons. The molecule has 0 saturated carbocycles. The van der Waals surface area contributed by atoms with E-state index in [9.17, 15) is 19.2 Å². The van der Waals surface area contributed by atoms with Crippen molar-refractivity contribution < 1.29 is 23.9 Å². The molecule has 1 N–H and O–H groups in total. The third kappa shape index (κ3) is 4.21. The number of nitrogens with zero attached hydrogens (tertiary/aromatic N) is 1. The van der Waals surface area contributed by atoms with Crippen LogP contribution in [0.5, 0.6) is 0 Å². The van der Waals surface area contributed by atoms with Crippen LogP contribution in [-0.2, 0) is 23.9 Å². The van der Waals surface area contributed by atoms with Crippen LogP contribution in [0.15, 0.2) is 72.8 Å². The lowest BCUT2D eigenvalue weighted by atomic mass is 9.55. The van der Waals surface area contributed by atoms with E-state index in [4.69, 9.17) is 4.74 Å². The van der Waals surface area contributed by atoms with E-state index in [1.165, 1.54) is 4.90 Å². The van der Waals surface area contributed by atoms with Crippen LogP contribution < -0.4 is 5.32 Å². The first-order valence-electron chi connectivity index (χ1n) is 14.0. The molecule has 204 valence electrons. The van der Waals surface area contributed by atoms with Gasteiger partial charge in [0.25, 0.3) is 5.91 Å². The SMILES string of the molecule is CCCC[C@H](C(=O)OCC(=O)Nc1cccc(C)c1)N1C(=O)[C@H]2C3c4ccccc4C(c4ccccc43)[C@@H]2C1=O. The number of imide groups is 1. The van der Waals surface area contributed by atoms with Crippen LogP contribution in [0.4, 0.5) is 5.69 Å². The molecular weight excluding hydrogens is 504 g/mol. The van der Waals surface area contributed by atoms with Gasteiger partial charge in [-0.1, -0.05) is 80.4 Å². The summed E-state index contributed by atoms with van der Waals surface area (Å²) in [7, 11) is 0. The summed E-state index contributed by atoms with van der Waals surface area (Å²) in [6.45, 7) is 3.40. The number of rotatable bonds is 8. The van der Waals surface area contributed by atoms with Gasteiger partial charge in [0.2, 0.25) is 11.8 Å². The number of nitrogens with one attached hydrogen (secondary N) is 1. The molecule has 7 heteroatoms. The molecule has 3 amide bonds. The Morgan fingerprint density at radius 1 is 0.850 bits per heavy atom. The van der Waals surface area contributed by atoms with E-state index in [1.807, 2.05) is 56.3 Å². The van der Waals surface area contributed by atoms with Crippen molar-refractivity contribution in [1.82, 2.24) is 4.90 Å². The van der Waals surface area contributed by atoms with Gasteiger partial charge in [0, 0.05) is 17.5 Å². The van der Waals surface area contributed by atoms with Gasteiger partial charge >= 0.3 is 5.97 Å². The number of hydrogen-bond acceptors (Lipinski definition) is 5. The quantitative estimate of drug-likeness (QED) is 0.326. The van der Waals surface area contributed by atoms with Gasteiger partial charge in [-0.2, -0.15) is 0 Å². The fourth-order valence-corrected chi connectivity index (χ4v) is 6.91. The van der Waals surface area contributed by atoms with Crippen molar-refractivity contribution in [2.75, 3.05) is 11.9 Å². The standard InChI is InChI=1S/C33H32N2O5/c1-3-4-16-25(33(39)40-18-26(36)34-20-11-9-10-19(2)17-20)35-31(37)29-27-21-12-5-6-13-22(21)28(30(29)32(35)38)24-15-8-7-14-23(24)27/h5-15,17,25,27-30H,3-4,16,18H2,1-2H3,(H,34,36)/t25-,27?,28?,29+,30+/m1/s1. The maximum atomic E-state index is 14.1. The molecule has 3 aromatic carbocycles. The van der Waals surface area contributed by atoms with Crippen molar-refractivity contribution in [3.05, 3.63) is 101 Å². The first-order valence-corrected chi connectivity index (χ1v) is 14.0. The number of aryl methyl sites for hydroxylation is 1. The highest BCUT2D eigenvalue weighted by Gasteiger charge is 2.63. The average Bonchev–Trinajstić information content (AvgIpc) is 3.22. The molecule has 1 saturated heterocycles. The number of benzene rings is 3. The zero-order valence-corrected chi connectivity index (χ0v) is 22.6. The second-order valence-electron chi connectivity index (χ2n) is 11.0. The van der Waals surface area contributed by atoms with Crippen molar-refractivity contribution in [1.29, 1.82) is 0 Å². The summed E-state index contributed by atoms with van der Waals surface area (Å²) < 4.78 is 5.42. The molecule has 0 unspecified atom stereocenters. The van der Waals surface area contributed by atoms with E-state index in [2.05, 4.69) is 29.6 Å². The van der Waals surface area contributed by atoms with Gasteiger partial charge in [0.05, 0.1) is 11.8 Å². The van der Waals surface area contributed by atoms with Crippen LogP contribution >= 0.6 is 0 Å². The highest BCUT2D eigenvalue weighted by Crippen LogP contribution is 2.61. The topological polar surface area (TPSA) is 92.8 Å². The number of carbonyl (C=O) groups is 4. The highest BCUT2D eigenvalue weighted by atomic mass is 16.5. The number of hydrogen-bond donors (Lipinski definition) is 1. The predicted molar refractivity (Wildman–Crippen MR) is 149 cm³/mol. The molecule has 1 fully saturated rings. The monoisotopic (exact) mass is 536 g/mol. The minimum absolute atomic E-state index is 0.244. The molecule has 7 nitrogen and oxygen atoms in total. The Morgan fingerprint density at radius 2 is 1.40 bits per heavy atom. The molecule has 2 bridgehead atoms. The predicted octanol–water partition coefficient (Wildman–Crippen LogP) is 4.93. The minimum atomic E-state index is -1.07. The van der Waals surface area contributed by atoms with Crippen molar-refractivity contribution in [2.45, 2.75) is 51.0 Å². The molecule has 0 spiro atoms.